The Morgan fingerprint density at radius 3 is 1.66 bits per heavy atom. The average Bonchev–Trinajstić information content (AvgIpc) is 3.32. The van der Waals surface area contributed by atoms with E-state index in [-0.39, 0.29) is 75.3 Å². The number of ether oxygens (including phenoxy) is 6. The van der Waals surface area contributed by atoms with Gasteiger partial charge in [0.25, 0.3) is 5.91 Å². The van der Waals surface area contributed by atoms with Crippen molar-refractivity contribution in [1.82, 2.24) is 10.8 Å². The zero-order valence-electron chi connectivity index (χ0n) is 42.0. The summed E-state index contributed by atoms with van der Waals surface area (Å²) in [5, 5.41) is 13.5. The summed E-state index contributed by atoms with van der Waals surface area (Å²) < 4.78 is 32.9. The number of amidine groups is 1. The number of benzene rings is 4. The Kier molecular flexibility index (Phi) is 20.1. The molecule has 4 aromatic rings. The number of nitrogens with zero attached hydrogens (tertiary/aromatic N) is 1. The number of phenolic OH excluding ortho intramolecular Hbond substituents is 1. The lowest BCUT2D eigenvalue weighted by Gasteiger charge is -2.39. The molecule has 2 unspecified atom stereocenters. The smallest absolute Gasteiger partial charge is 0.413 e. The third-order valence-corrected chi connectivity index (χ3v) is 11.4. The van der Waals surface area contributed by atoms with Gasteiger partial charge >= 0.3 is 24.0 Å². The fourth-order valence-corrected chi connectivity index (χ4v) is 8.02. The number of rotatable bonds is 24. The van der Waals surface area contributed by atoms with E-state index in [9.17, 15) is 29.1 Å². The molecule has 0 aliphatic rings. The van der Waals surface area contributed by atoms with Crippen LogP contribution in [0.4, 0.5) is 4.79 Å². The van der Waals surface area contributed by atoms with Crippen molar-refractivity contribution in [2.75, 3.05) is 46.7 Å². The summed E-state index contributed by atoms with van der Waals surface area (Å²) >= 11 is 0. The predicted molar refractivity (Wildman–Crippen MR) is 263 cm³/mol. The predicted octanol–water partition coefficient (Wildman–Crippen LogP) is 8.87. The van der Waals surface area contributed by atoms with Crippen LogP contribution in [0.25, 0.3) is 0 Å². The maximum Gasteiger partial charge on any atom is 0.413 e. The molecule has 4 rings (SSSR count). The molecule has 70 heavy (non-hydrogen) atoms. The van der Waals surface area contributed by atoms with E-state index >= 15 is 0 Å². The Labute approximate surface area is 411 Å². The number of amides is 2. The zero-order chi connectivity index (χ0) is 51.6. The number of hydrogen-bond acceptors (Lipinski definition) is 14. The molecule has 0 saturated heterocycles. The van der Waals surface area contributed by atoms with Gasteiger partial charge in [-0.15, -0.1) is 0 Å². The van der Waals surface area contributed by atoms with Crippen LogP contribution < -0.4 is 15.5 Å². The summed E-state index contributed by atoms with van der Waals surface area (Å²) in [6, 6.07) is 32.6. The van der Waals surface area contributed by atoms with Gasteiger partial charge in [-0.1, -0.05) is 97.9 Å². The van der Waals surface area contributed by atoms with Crippen molar-refractivity contribution >= 4 is 35.7 Å². The number of carbonyl (C=O) groups excluding carboxylic acids is 5. The maximum absolute atomic E-state index is 14.0. The van der Waals surface area contributed by atoms with Gasteiger partial charge in [0.1, 0.15) is 49.4 Å². The number of nitrogens with one attached hydrogen (secondary N) is 2. The van der Waals surface area contributed by atoms with E-state index in [1.54, 1.807) is 55.4 Å². The number of hydroxylamine groups is 1. The zero-order valence-corrected chi connectivity index (χ0v) is 42.0. The van der Waals surface area contributed by atoms with Gasteiger partial charge in [-0.25, -0.2) is 10.3 Å². The van der Waals surface area contributed by atoms with Crippen molar-refractivity contribution in [2.45, 2.75) is 92.8 Å². The van der Waals surface area contributed by atoms with Gasteiger partial charge < -0.3 is 33.5 Å². The van der Waals surface area contributed by atoms with Gasteiger partial charge in [-0.05, 0) is 103 Å². The third kappa shape index (κ3) is 15.6. The molecule has 4 aromatic carbocycles. The first-order valence-corrected chi connectivity index (χ1v) is 23.2. The van der Waals surface area contributed by atoms with Gasteiger partial charge in [0, 0.05) is 13.2 Å². The number of alkyl carbamates (subject to hydrolysis) is 1. The topological polar surface area (TPSA) is 207 Å². The summed E-state index contributed by atoms with van der Waals surface area (Å²) in [7, 11) is 1.49. The minimum absolute atomic E-state index is 0.0139. The molecule has 0 aliphatic carbocycles. The van der Waals surface area contributed by atoms with Crippen LogP contribution in [0.1, 0.15) is 109 Å². The van der Waals surface area contributed by atoms with Gasteiger partial charge in [-0.2, -0.15) is 0 Å². The van der Waals surface area contributed by atoms with Crippen LogP contribution in [0.15, 0.2) is 114 Å². The largest absolute Gasteiger partial charge is 0.507 e. The highest BCUT2D eigenvalue weighted by Gasteiger charge is 2.50. The number of phenols is 1. The van der Waals surface area contributed by atoms with Crippen LogP contribution in [-0.4, -0.2) is 93.1 Å². The number of methoxy groups -OCH3 is 1. The minimum atomic E-state index is -1.40. The molecular weight excluding hydrogens is 899 g/mol. The standard InChI is InChI=1S/C54H69N3O13/c1-11-52(8,47(61)68-32-31-64-10)37-53(9,48(62)66-30-29-55-38(2)56-49(63)69-50(3,4)5)36-51(6,7)46(60)67-34-33-65-42-27-28-43(44(58)35-42)45(59)57-70-54(39-21-15-12-16-22-39,40-23-17-13-18-24-40)41-25-19-14-20-26-41/h12-28,35,58H,11,29-34,36-37H2,1-10H3,(H,57,59)(H,55,56,63). The summed E-state index contributed by atoms with van der Waals surface area (Å²) in [6.07, 6.45) is -0.463. The SMILES string of the molecule is CCC(C)(CC(C)(CC(C)(C)C(=O)OCCOc1ccc(C(=O)NOC(c2ccccc2)(c2ccccc2)c2ccccc2)c(O)c1)C(=O)OCCN=C(C)NC(=O)OC(C)(C)C)C(=O)OCCOC. The lowest BCUT2D eigenvalue weighted by Crippen LogP contribution is -2.44. The molecule has 0 aromatic heterocycles. The normalized spacial score (nSPS) is 13.7. The molecular formula is C54H69N3O13. The first-order valence-electron chi connectivity index (χ1n) is 23.2. The summed E-state index contributed by atoms with van der Waals surface area (Å²) in [5.74, 6) is -2.47. The first kappa shape index (κ1) is 55.8. The van der Waals surface area contributed by atoms with Crippen molar-refractivity contribution in [2.24, 2.45) is 21.2 Å². The molecule has 2 amide bonds. The van der Waals surface area contributed by atoms with Gasteiger partial charge in [0.15, 0.2) is 5.60 Å². The molecule has 3 N–H and O–H groups in total. The molecule has 16 nitrogen and oxygen atoms in total. The molecule has 0 fully saturated rings. The lowest BCUT2D eigenvalue weighted by atomic mass is 9.65. The average molecular weight is 968 g/mol. The fraction of sp³-hybridized carbons (Fsp3) is 0.444. The molecule has 0 spiro atoms. The number of carbonyl (C=O) groups is 5. The Hall–Kier alpha value is -6.78. The van der Waals surface area contributed by atoms with Gasteiger partial charge in [-0.3, -0.25) is 34.3 Å². The second-order valence-electron chi connectivity index (χ2n) is 19.0. The van der Waals surface area contributed by atoms with Crippen molar-refractivity contribution in [3.05, 3.63) is 131 Å². The number of aromatic hydroxyl groups is 1. The Morgan fingerprint density at radius 2 is 1.14 bits per heavy atom. The highest BCUT2D eigenvalue weighted by molar-refractivity contribution is 5.96. The van der Waals surface area contributed by atoms with E-state index in [1.807, 2.05) is 97.9 Å². The molecule has 0 heterocycles. The van der Waals surface area contributed by atoms with Crippen molar-refractivity contribution in [3.8, 4) is 11.5 Å². The van der Waals surface area contributed by atoms with E-state index in [1.165, 1.54) is 25.3 Å². The molecule has 0 aliphatic heterocycles. The van der Waals surface area contributed by atoms with Crippen molar-refractivity contribution in [1.29, 1.82) is 0 Å². The number of esters is 3. The van der Waals surface area contributed by atoms with Gasteiger partial charge in [0.05, 0.1) is 35.0 Å². The molecule has 378 valence electrons. The van der Waals surface area contributed by atoms with Crippen LogP contribution in [0, 0.1) is 16.2 Å². The van der Waals surface area contributed by atoms with Crippen molar-refractivity contribution in [3.63, 3.8) is 0 Å². The summed E-state index contributed by atoms with van der Waals surface area (Å²) in [6.45, 7) is 14.9. The van der Waals surface area contributed by atoms with Crippen LogP contribution in [0.2, 0.25) is 0 Å². The minimum Gasteiger partial charge on any atom is -0.507 e. The van der Waals surface area contributed by atoms with Crippen LogP contribution in [-0.2, 0) is 48.5 Å². The molecule has 0 radical (unpaired) electrons. The Bertz CT molecular complexity index is 2290. The monoisotopic (exact) mass is 967 g/mol. The van der Waals surface area contributed by atoms with E-state index in [0.717, 1.165) is 16.7 Å². The third-order valence-electron chi connectivity index (χ3n) is 11.4. The highest BCUT2D eigenvalue weighted by Crippen LogP contribution is 2.46. The lowest BCUT2D eigenvalue weighted by molar-refractivity contribution is -0.169. The number of aliphatic imine (C=N–C) groups is 1. The highest BCUT2D eigenvalue weighted by atomic mass is 16.7. The molecule has 0 bridgehead atoms. The van der Waals surface area contributed by atoms with Crippen LogP contribution >= 0.6 is 0 Å². The molecule has 16 heteroatoms. The van der Waals surface area contributed by atoms with E-state index < -0.39 is 57.4 Å². The summed E-state index contributed by atoms with van der Waals surface area (Å²) in [4.78, 5) is 77.6. The van der Waals surface area contributed by atoms with Crippen LogP contribution in [0.5, 0.6) is 11.5 Å². The first-order chi connectivity index (χ1) is 33.1. The molecule has 0 saturated carbocycles. The van der Waals surface area contributed by atoms with E-state index in [0.29, 0.717) is 6.42 Å². The number of hydrogen-bond donors (Lipinski definition) is 3. The Morgan fingerprint density at radius 1 is 0.629 bits per heavy atom. The quantitative estimate of drug-likeness (QED) is 0.0114. The van der Waals surface area contributed by atoms with Gasteiger partial charge in [0.2, 0.25) is 0 Å². The molecule has 2 atom stereocenters. The van der Waals surface area contributed by atoms with E-state index in [2.05, 4.69) is 15.8 Å². The van der Waals surface area contributed by atoms with Crippen molar-refractivity contribution < 1.29 is 62.3 Å². The second kappa shape index (κ2) is 25.2. The van der Waals surface area contributed by atoms with Crippen LogP contribution in [0.3, 0.4) is 0 Å². The maximum atomic E-state index is 14.0. The Balaban J connectivity index is 1.41. The fourth-order valence-electron chi connectivity index (χ4n) is 8.02. The summed E-state index contributed by atoms with van der Waals surface area (Å²) in [5.41, 5.74) is -0.990. The second-order valence-corrected chi connectivity index (χ2v) is 19.0. The van der Waals surface area contributed by atoms with E-state index in [4.69, 9.17) is 33.3 Å².